The fourth-order valence-electron chi connectivity index (χ4n) is 5.74. The number of hydrazine groups is 1. The van der Waals surface area contributed by atoms with Gasteiger partial charge in [0, 0.05) is 5.41 Å². The van der Waals surface area contributed by atoms with E-state index in [2.05, 4.69) is 4.40 Å². The first kappa shape index (κ1) is 14.7. The number of nitrogens with two attached hydrogens (primary N) is 1. The highest BCUT2D eigenvalue weighted by atomic mass is 35.5. The highest BCUT2D eigenvalue weighted by molar-refractivity contribution is 7.92. The third-order valence-electron chi connectivity index (χ3n) is 6.09. The highest BCUT2D eigenvalue weighted by Gasteiger charge is 2.56. The molecule has 4 fully saturated rings. The second-order valence-electron chi connectivity index (χ2n) is 7.68. The van der Waals surface area contributed by atoms with E-state index in [1.807, 2.05) is 0 Å². The lowest BCUT2D eigenvalue weighted by Gasteiger charge is -2.57. The van der Waals surface area contributed by atoms with Gasteiger partial charge in [-0.05, 0) is 62.3 Å². The van der Waals surface area contributed by atoms with Crippen molar-refractivity contribution in [1.29, 1.82) is 0 Å². The molecule has 2 heterocycles. The minimum absolute atomic E-state index is 0.164. The lowest BCUT2D eigenvalue weighted by molar-refractivity contribution is -0.0131. The van der Waals surface area contributed by atoms with Gasteiger partial charge in [-0.15, -0.1) is 15.7 Å². The van der Waals surface area contributed by atoms with Crippen LogP contribution in [-0.4, -0.2) is 14.3 Å². The van der Waals surface area contributed by atoms with Gasteiger partial charge in [0.1, 0.15) is 5.84 Å². The largest absolute Gasteiger partial charge is 0.295 e. The molecule has 0 atom stereocenters. The van der Waals surface area contributed by atoms with E-state index in [-0.39, 0.29) is 9.62 Å². The van der Waals surface area contributed by atoms with Crippen LogP contribution in [0.15, 0.2) is 14.7 Å². The minimum atomic E-state index is -3.70. The smallest absolute Gasteiger partial charge is 0.262 e. The number of nitrogens with zero attached hydrogens (tertiary/aromatic N) is 2. The van der Waals surface area contributed by atoms with Crippen molar-refractivity contribution >= 4 is 44.5 Å². The van der Waals surface area contributed by atoms with Crippen molar-refractivity contribution < 1.29 is 8.42 Å². The molecule has 23 heavy (non-hydrogen) atoms. The molecule has 124 valence electrons. The summed E-state index contributed by atoms with van der Waals surface area (Å²) in [6.07, 6.45) is 6.94. The average molecular weight is 372 g/mol. The summed E-state index contributed by atoms with van der Waals surface area (Å²) in [4.78, 5) is 0. The lowest BCUT2D eigenvalue weighted by Crippen LogP contribution is -2.57. The van der Waals surface area contributed by atoms with Gasteiger partial charge in [0.15, 0.2) is 4.21 Å². The Labute approximate surface area is 144 Å². The molecule has 4 saturated carbocycles. The fraction of sp³-hybridized carbons (Fsp3) is 0.667. The molecule has 1 aromatic rings. The molecule has 0 radical (unpaired) electrons. The van der Waals surface area contributed by atoms with Gasteiger partial charge in [0.05, 0.1) is 10.0 Å². The van der Waals surface area contributed by atoms with Crippen LogP contribution in [0.25, 0.3) is 0 Å². The van der Waals surface area contributed by atoms with Crippen molar-refractivity contribution in [1.82, 2.24) is 0 Å². The summed E-state index contributed by atoms with van der Waals surface area (Å²) >= 11 is 7.06. The molecule has 0 spiro atoms. The van der Waals surface area contributed by atoms with Gasteiger partial charge in [-0.1, -0.05) is 11.6 Å². The number of sulfonamides is 1. The second-order valence-corrected chi connectivity index (χ2v) is 11.2. The highest BCUT2D eigenvalue weighted by Crippen LogP contribution is 2.61. The van der Waals surface area contributed by atoms with Gasteiger partial charge in [0.25, 0.3) is 10.0 Å². The average Bonchev–Trinajstić information content (AvgIpc) is 2.85. The van der Waals surface area contributed by atoms with E-state index >= 15 is 0 Å². The molecule has 8 heteroatoms. The Morgan fingerprint density at radius 3 is 2.35 bits per heavy atom. The van der Waals surface area contributed by atoms with Crippen molar-refractivity contribution in [3.63, 3.8) is 0 Å². The molecule has 5 aliphatic rings. The predicted molar refractivity (Wildman–Crippen MR) is 91.2 cm³/mol. The molecule has 2 N–H and O–H groups in total. The van der Waals surface area contributed by atoms with Crippen LogP contribution in [0.3, 0.4) is 0 Å². The van der Waals surface area contributed by atoms with Gasteiger partial charge in [-0.25, -0.2) is 5.84 Å². The quantitative estimate of drug-likeness (QED) is 0.767. The zero-order valence-corrected chi connectivity index (χ0v) is 14.9. The Morgan fingerprint density at radius 2 is 1.78 bits per heavy atom. The molecule has 0 saturated heterocycles. The monoisotopic (exact) mass is 371 g/mol. The van der Waals surface area contributed by atoms with E-state index in [0.29, 0.717) is 33.6 Å². The molecular formula is C15H18ClN3O2S2. The minimum Gasteiger partial charge on any atom is -0.262 e. The predicted octanol–water partition coefficient (Wildman–Crippen LogP) is 3.40. The summed E-state index contributed by atoms with van der Waals surface area (Å²) in [7, 11) is -3.70. The standard InChI is InChI=1S/C15H18ClN3O2S2/c16-12-4-11-13(22-12)23(20,21)18-14(19(11)17)15-5-8-1-9(6-15)3-10(2-8)7-15/h4,8-10H,1-3,5-7,17H2. The van der Waals surface area contributed by atoms with Gasteiger partial charge >= 0.3 is 0 Å². The Morgan fingerprint density at radius 1 is 1.22 bits per heavy atom. The van der Waals surface area contributed by atoms with Crippen LogP contribution in [0.2, 0.25) is 4.34 Å². The maximum Gasteiger partial charge on any atom is 0.295 e. The number of hydrogen-bond acceptors (Lipinski definition) is 5. The van der Waals surface area contributed by atoms with E-state index in [1.165, 1.54) is 24.3 Å². The summed E-state index contributed by atoms with van der Waals surface area (Å²) in [6.45, 7) is 0. The van der Waals surface area contributed by atoms with Crippen LogP contribution in [0.5, 0.6) is 0 Å². The third kappa shape index (κ3) is 2.00. The van der Waals surface area contributed by atoms with Crippen molar-refractivity contribution in [3.8, 4) is 0 Å². The summed E-state index contributed by atoms with van der Waals surface area (Å²) in [5, 5.41) is 1.51. The zero-order valence-electron chi connectivity index (χ0n) is 12.5. The SMILES string of the molecule is NN1C(C23CC4CC(CC(C4)C2)C3)=NS(=O)(=O)c2sc(Cl)cc21. The first-order chi connectivity index (χ1) is 10.9. The van der Waals surface area contributed by atoms with Crippen LogP contribution < -0.4 is 10.9 Å². The van der Waals surface area contributed by atoms with E-state index < -0.39 is 10.0 Å². The van der Waals surface area contributed by atoms with Crippen molar-refractivity contribution in [3.05, 3.63) is 10.4 Å². The van der Waals surface area contributed by atoms with Crippen LogP contribution >= 0.6 is 22.9 Å². The second kappa shape index (κ2) is 4.50. The van der Waals surface area contributed by atoms with E-state index in [4.69, 9.17) is 17.4 Å². The van der Waals surface area contributed by atoms with Crippen molar-refractivity contribution in [2.45, 2.75) is 42.7 Å². The Hall–Kier alpha value is -0.630. The molecule has 0 unspecified atom stereocenters. The number of hydrogen-bond donors (Lipinski definition) is 1. The number of anilines is 1. The number of rotatable bonds is 1. The molecule has 1 aliphatic heterocycles. The fourth-order valence-corrected chi connectivity index (χ4v) is 8.64. The van der Waals surface area contributed by atoms with Crippen LogP contribution in [0, 0.1) is 23.2 Å². The van der Waals surface area contributed by atoms with Gasteiger partial charge < -0.3 is 0 Å². The van der Waals surface area contributed by atoms with Crippen molar-refractivity contribution in [2.75, 3.05) is 5.01 Å². The summed E-state index contributed by atoms with van der Waals surface area (Å²) < 4.78 is 30.0. The van der Waals surface area contributed by atoms with E-state index in [9.17, 15) is 8.42 Å². The normalized spacial score (nSPS) is 40.2. The number of fused-ring (bicyclic) bond motifs is 1. The molecule has 4 bridgehead atoms. The van der Waals surface area contributed by atoms with Crippen molar-refractivity contribution in [2.24, 2.45) is 33.4 Å². The molecular weight excluding hydrogens is 354 g/mol. The molecule has 1 aromatic heterocycles. The topological polar surface area (TPSA) is 75.8 Å². The van der Waals surface area contributed by atoms with Gasteiger partial charge in [0.2, 0.25) is 0 Å². The number of thiophene rings is 1. The first-order valence-corrected chi connectivity index (χ1v) is 10.7. The number of amidine groups is 1. The Kier molecular flexibility index (Phi) is 2.88. The van der Waals surface area contributed by atoms with Gasteiger partial charge in [-0.3, -0.25) is 5.01 Å². The maximum atomic E-state index is 12.6. The summed E-state index contributed by atoms with van der Waals surface area (Å²) in [5.74, 6) is 8.99. The summed E-state index contributed by atoms with van der Waals surface area (Å²) in [6, 6.07) is 1.65. The number of halogens is 1. The zero-order chi connectivity index (χ0) is 16.0. The molecule has 4 aliphatic carbocycles. The Bertz CT molecular complexity index is 794. The van der Waals surface area contributed by atoms with E-state index in [1.54, 1.807) is 6.07 Å². The maximum absolute atomic E-state index is 12.6. The van der Waals surface area contributed by atoms with Crippen LogP contribution in [0.4, 0.5) is 5.69 Å². The molecule has 5 nitrogen and oxygen atoms in total. The van der Waals surface area contributed by atoms with Crippen LogP contribution in [-0.2, 0) is 10.0 Å². The molecule has 0 aromatic carbocycles. The van der Waals surface area contributed by atoms with E-state index in [0.717, 1.165) is 30.6 Å². The first-order valence-electron chi connectivity index (χ1n) is 8.06. The van der Waals surface area contributed by atoms with Crippen LogP contribution in [0.1, 0.15) is 38.5 Å². The summed E-state index contributed by atoms with van der Waals surface area (Å²) in [5.41, 5.74) is 0.323. The molecule has 6 rings (SSSR count). The lowest BCUT2D eigenvalue weighted by atomic mass is 9.49. The van der Waals surface area contributed by atoms with Gasteiger partial charge in [-0.2, -0.15) is 8.42 Å². The Balaban J connectivity index is 1.65. The molecule has 0 amide bonds. The third-order valence-corrected chi connectivity index (χ3v) is 9.11.